The molecule has 8 heteroatoms. The number of benzene rings is 1. The molecular weight excluding hydrogens is 370 g/mol. The van der Waals surface area contributed by atoms with Gasteiger partial charge in [-0.05, 0) is 24.1 Å². The van der Waals surface area contributed by atoms with Crippen molar-refractivity contribution in [1.82, 2.24) is 15.1 Å². The Morgan fingerprint density at radius 2 is 1.81 bits per heavy atom. The maximum absolute atomic E-state index is 12.5. The number of ether oxygens (including phenoxy) is 2. The number of aryl methyl sites for hydroxylation is 1. The molecule has 0 spiro atoms. The van der Waals surface area contributed by atoms with Crippen LogP contribution in [0.1, 0.15) is 12.0 Å². The molecule has 27 heavy (non-hydrogen) atoms. The summed E-state index contributed by atoms with van der Waals surface area (Å²) >= 11 is 0. The van der Waals surface area contributed by atoms with Gasteiger partial charge in [-0.15, -0.1) is 12.4 Å². The molecule has 0 saturated carbocycles. The van der Waals surface area contributed by atoms with E-state index in [-0.39, 0.29) is 30.3 Å². The van der Waals surface area contributed by atoms with Crippen molar-refractivity contribution in [3.63, 3.8) is 0 Å². The van der Waals surface area contributed by atoms with E-state index in [1.165, 1.54) is 0 Å². The van der Waals surface area contributed by atoms with E-state index in [2.05, 4.69) is 5.32 Å². The molecule has 7 nitrogen and oxygen atoms in total. The van der Waals surface area contributed by atoms with Gasteiger partial charge in [-0.1, -0.05) is 12.1 Å². The number of hydrogen-bond donors (Lipinski definition) is 1. The molecule has 1 aromatic carbocycles. The van der Waals surface area contributed by atoms with Gasteiger partial charge in [-0.3, -0.25) is 9.59 Å². The number of carbonyl (C=O) groups excluding carboxylic acids is 2. The van der Waals surface area contributed by atoms with Crippen molar-refractivity contribution in [1.29, 1.82) is 0 Å². The summed E-state index contributed by atoms with van der Waals surface area (Å²) in [7, 11) is 1.64. The zero-order valence-corrected chi connectivity index (χ0v) is 16.5. The topological polar surface area (TPSA) is 71.1 Å². The first kappa shape index (κ1) is 21.5. The standard InChI is InChI=1S/C19H27N3O4.ClH/c1-25-16-5-2-15(3-6-16)4-7-18(23)21-9-11-22(12-10-21)19(24)17-14-26-13-8-20-17;/h2-3,5-6,17,20H,4,7-14H2,1H3;1H. The van der Waals surface area contributed by atoms with Gasteiger partial charge in [0.2, 0.25) is 11.8 Å². The number of amides is 2. The molecular formula is C19H28ClN3O4. The molecule has 2 saturated heterocycles. The largest absolute Gasteiger partial charge is 0.497 e. The third kappa shape index (κ3) is 5.82. The van der Waals surface area contributed by atoms with Crippen molar-refractivity contribution in [3.05, 3.63) is 29.8 Å². The van der Waals surface area contributed by atoms with Crippen LogP contribution in [0.3, 0.4) is 0 Å². The maximum atomic E-state index is 12.5. The second kappa shape index (κ2) is 10.5. The fourth-order valence-corrected chi connectivity index (χ4v) is 3.32. The molecule has 1 atom stereocenters. The summed E-state index contributed by atoms with van der Waals surface area (Å²) < 4.78 is 10.5. The van der Waals surface area contributed by atoms with Crippen molar-refractivity contribution in [2.75, 3.05) is 53.0 Å². The number of nitrogens with one attached hydrogen (secondary N) is 1. The molecule has 0 bridgehead atoms. The molecule has 3 rings (SSSR count). The molecule has 1 N–H and O–H groups in total. The summed E-state index contributed by atoms with van der Waals surface area (Å²) in [4.78, 5) is 28.6. The van der Waals surface area contributed by atoms with Crippen molar-refractivity contribution in [3.8, 4) is 5.75 Å². The zero-order chi connectivity index (χ0) is 18.4. The number of rotatable bonds is 5. The van der Waals surface area contributed by atoms with Crippen molar-refractivity contribution < 1.29 is 19.1 Å². The molecule has 0 aromatic heterocycles. The molecule has 2 amide bonds. The van der Waals surface area contributed by atoms with Gasteiger partial charge in [0.05, 0.1) is 20.3 Å². The molecule has 2 fully saturated rings. The zero-order valence-electron chi connectivity index (χ0n) is 15.7. The van der Waals surface area contributed by atoms with Gasteiger partial charge in [0.15, 0.2) is 0 Å². The molecule has 1 aromatic rings. The van der Waals surface area contributed by atoms with Crippen LogP contribution in [0.5, 0.6) is 5.75 Å². The minimum absolute atomic E-state index is 0. The molecule has 2 aliphatic rings. The van der Waals surface area contributed by atoms with Crippen LogP contribution in [0, 0.1) is 0 Å². The van der Waals surface area contributed by atoms with Crippen LogP contribution in [0.25, 0.3) is 0 Å². The summed E-state index contributed by atoms with van der Waals surface area (Å²) in [6.07, 6.45) is 1.20. The lowest BCUT2D eigenvalue weighted by Crippen LogP contribution is -2.57. The summed E-state index contributed by atoms with van der Waals surface area (Å²) in [5, 5.41) is 3.19. The number of methoxy groups -OCH3 is 1. The molecule has 2 aliphatic heterocycles. The minimum atomic E-state index is -0.249. The number of piperazine rings is 1. The summed E-state index contributed by atoms with van der Waals surface area (Å²) in [5.41, 5.74) is 1.12. The summed E-state index contributed by atoms with van der Waals surface area (Å²) in [6, 6.07) is 7.55. The number of carbonyl (C=O) groups is 2. The molecule has 1 unspecified atom stereocenters. The third-order valence-electron chi connectivity index (χ3n) is 4.95. The van der Waals surface area contributed by atoms with E-state index in [0.29, 0.717) is 58.8 Å². The molecule has 150 valence electrons. The highest BCUT2D eigenvalue weighted by molar-refractivity contribution is 5.85. The predicted octanol–water partition coefficient (Wildman–Crippen LogP) is 0.709. The predicted molar refractivity (Wildman–Crippen MR) is 104 cm³/mol. The molecule has 2 heterocycles. The Kier molecular flexibility index (Phi) is 8.34. The van der Waals surface area contributed by atoms with Crippen LogP contribution >= 0.6 is 12.4 Å². The number of nitrogens with zero attached hydrogens (tertiary/aromatic N) is 2. The lowest BCUT2D eigenvalue weighted by Gasteiger charge is -2.37. The first-order chi connectivity index (χ1) is 12.7. The Morgan fingerprint density at radius 3 is 2.41 bits per heavy atom. The summed E-state index contributed by atoms with van der Waals surface area (Å²) in [6.45, 7) is 4.17. The number of morpholine rings is 1. The average Bonchev–Trinajstić information content (AvgIpc) is 2.72. The molecule has 0 radical (unpaired) electrons. The highest BCUT2D eigenvalue weighted by atomic mass is 35.5. The van der Waals surface area contributed by atoms with Crippen LogP contribution < -0.4 is 10.1 Å². The normalized spacial score (nSPS) is 20.0. The highest BCUT2D eigenvalue weighted by Gasteiger charge is 2.29. The Hall–Kier alpha value is -1.83. The van der Waals surface area contributed by atoms with Gasteiger partial charge in [0.25, 0.3) is 0 Å². The van der Waals surface area contributed by atoms with E-state index in [4.69, 9.17) is 9.47 Å². The van der Waals surface area contributed by atoms with Gasteiger partial charge >= 0.3 is 0 Å². The Labute approximate surface area is 166 Å². The summed E-state index contributed by atoms with van der Waals surface area (Å²) in [5.74, 6) is 1.04. The second-order valence-electron chi connectivity index (χ2n) is 6.64. The van der Waals surface area contributed by atoms with E-state index >= 15 is 0 Å². The van der Waals surface area contributed by atoms with Crippen LogP contribution in [-0.2, 0) is 20.7 Å². The van der Waals surface area contributed by atoms with Crippen LogP contribution in [-0.4, -0.2) is 80.7 Å². The minimum Gasteiger partial charge on any atom is -0.497 e. The van der Waals surface area contributed by atoms with Gasteiger partial charge in [-0.2, -0.15) is 0 Å². The van der Waals surface area contributed by atoms with Crippen LogP contribution in [0.15, 0.2) is 24.3 Å². The maximum Gasteiger partial charge on any atom is 0.242 e. The first-order valence-corrected chi connectivity index (χ1v) is 9.18. The second-order valence-corrected chi connectivity index (χ2v) is 6.64. The molecule has 0 aliphatic carbocycles. The SMILES string of the molecule is COc1ccc(CCC(=O)N2CCN(C(=O)C3COCCN3)CC2)cc1.Cl. The van der Waals surface area contributed by atoms with E-state index < -0.39 is 0 Å². The van der Waals surface area contributed by atoms with E-state index in [1.54, 1.807) is 7.11 Å². The Morgan fingerprint density at radius 1 is 1.15 bits per heavy atom. The van der Waals surface area contributed by atoms with Crippen molar-refractivity contribution in [2.24, 2.45) is 0 Å². The van der Waals surface area contributed by atoms with Gasteiger partial charge in [-0.25, -0.2) is 0 Å². The van der Waals surface area contributed by atoms with Gasteiger partial charge in [0, 0.05) is 39.1 Å². The number of halogens is 1. The lowest BCUT2D eigenvalue weighted by atomic mass is 10.1. The van der Waals surface area contributed by atoms with Crippen molar-refractivity contribution >= 4 is 24.2 Å². The third-order valence-corrected chi connectivity index (χ3v) is 4.95. The highest BCUT2D eigenvalue weighted by Crippen LogP contribution is 2.14. The lowest BCUT2D eigenvalue weighted by molar-refractivity contribution is -0.142. The fraction of sp³-hybridized carbons (Fsp3) is 0.579. The quantitative estimate of drug-likeness (QED) is 0.792. The van der Waals surface area contributed by atoms with E-state index in [9.17, 15) is 9.59 Å². The van der Waals surface area contributed by atoms with E-state index in [0.717, 1.165) is 11.3 Å². The number of hydrogen-bond acceptors (Lipinski definition) is 5. The first-order valence-electron chi connectivity index (χ1n) is 9.18. The smallest absolute Gasteiger partial charge is 0.242 e. The van der Waals surface area contributed by atoms with E-state index in [1.807, 2.05) is 34.1 Å². The fourth-order valence-electron chi connectivity index (χ4n) is 3.32. The van der Waals surface area contributed by atoms with Gasteiger partial charge < -0.3 is 24.6 Å². The van der Waals surface area contributed by atoms with Crippen LogP contribution in [0.4, 0.5) is 0 Å². The Bertz CT molecular complexity index is 612. The van der Waals surface area contributed by atoms with Crippen LogP contribution in [0.2, 0.25) is 0 Å². The monoisotopic (exact) mass is 397 g/mol. The van der Waals surface area contributed by atoms with Crippen molar-refractivity contribution in [2.45, 2.75) is 18.9 Å². The Balaban J connectivity index is 0.00000261. The van der Waals surface area contributed by atoms with Gasteiger partial charge in [0.1, 0.15) is 11.8 Å². The average molecular weight is 398 g/mol.